The topological polar surface area (TPSA) is 0 Å². The summed E-state index contributed by atoms with van der Waals surface area (Å²) >= 11 is 0. The second-order valence-electron chi connectivity index (χ2n) is 5.25. The third-order valence-electron chi connectivity index (χ3n) is 3.68. The van der Waals surface area contributed by atoms with Crippen LogP contribution in [0.4, 0.5) is 0 Å². The third kappa shape index (κ3) is 3.70. The maximum Gasteiger partial charge on any atom is 0.0705 e. The van der Waals surface area contributed by atoms with E-state index in [9.17, 15) is 0 Å². The SMILES string of the molecule is C#Cc1ccc(C#CC(c2ccccc2)c2ccccc2)cc1. The summed E-state index contributed by atoms with van der Waals surface area (Å²) in [5.41, 5.74) is 4.25. The van der Waals surface area contributed by atoms with Gasteiger partial charge in [-0.3, -0.25) is 0 Å². The lowest BCUT2D eigenvalue weighted by molar-refractivity contribution is 1.06. The summed E-state index contributed by atoms with van der Waals surface area (Å²) in [5, 5.41) is 0. The average Bonchev–Trinajstić information content (AvgIpc) is 2.64. The van der Waals surface area contributed by atoms with Gasteiger partial charge in [-0.15, -0.1) is 6.42 Å². The molecule has 0 saturated heterocycles. The monoisotopic (exact) mass is 292 g/mol. The number of hydrogen-bond acceptors (Lipinski definition) is 0. The van der Waals surface area contributed by atoms with Crippen LogP contribution in [0.5, 0.6) is 0 Å². The van der Waals surface area contributed by atoms with Gasteiger partial charge in [-0.05, 0) is 35.4 Å². The molecule has 0 heteroatoms. The number of rotatable bonds is 2. The van der Waals surface area contributed by atoms with Crippen molar-refractivity contribution in [1.29, 1.82) is 0 Å². The Morgan fingerprint density at radius 2 is 1.09 bits per heavy atom. The fourth-order valence-corrected chi connectivity index (χ4v) is 2.46. The van der Waals surface area contributed by atoms with Gasteiger partial charge in [0.15, 0.2) is 0 Å². The van der Waals surface area contributed by atoms with E-state index in [2.05, 4.69) is 66.3 Å². The molecule has 0 nitrogen and oxygen atoms in total. The van der Waals surface area contributed by atoms with Crippen molar-refractivity contribution < 1.29 is 0 Å². The van der Waals surface area contributed by atoms with Crippen LogP contribution in [0.2, 0.25) is 0 Å². The highest BCUT2D eigenvalue weighted by atomic mass is 14.1. The van der Waals surface area contributed by atoms with Crippen LogP contribution in [0.3, 0.4) is 0 Å². The molecule has 0 aliphatic rings. The molecule has 0 radical (unpaired) electrons. The first-order valence-corrected chi connectivity index (χ1v) is 7.55. The lowest BCUT2D eigenvalue weighted by Gasteiger charge is -2.11. The first-order chi connectivity index (χ1) is 11.4. The summed E-state index contributed by atoms with van der Waals surface area (Å²) < 4.78 is 0. The predicted octanol–water partition coefficient (Wildman–Crippen LogP) is 4.85. The largest absolute Gasteiger partial charge is 0.115 e. The molecule has 0 bridgehead atoms. The molecule has 23 heavy (non-hydrogen) atoms. The molecule has 0 aliphatic heterocycles. The zero-order valence-corrected chi connectivity index (χ0v) is 12.7. The lowest BCUT2D eigenvalue weighted by Crippen LogP contribution is -1.98. The number of benzene rings is 3. The fourth-order valence-electron chi connectivity index (χ4n) is 2.46. The van der Waals surface area contributed by atoms with Gasteiger partial charge >= 0.3 is 0 Å². The molecule has 0 unspecified atom stereocenters. The maximum atomic E-state index is 5.39. The van der Waals surface area contributed by atoms with Gasteiger partial charge in [0, 0.05) is 11.1 Å². The summed E-state index contributed by atoms with van der Waals surface area (Å²) in [7, 11) is 0. The van der Waals surface area contributed by atoms with Crippen molar-refractivity contribution in [2.75, 3.05) is 0 Å². The van der Waals surface area contributed by atoms with E-state index in [1.165, 1.54) is 11.1 Å². The van der Waals surface area contributed by atoms with Crippen LogP contribution < -0.4 is 0 Å². The van der Waals surface area contributed by atoms with Gasteiger partial charge in [-0.2, -0.15) is 0 Å². The Labute approximate surface area is 137 Å². The Morgan fingerprint density at radius 3 is 1.57 bits per heavy atom. The van der Waals surface area contributed by atoms with Crippen molar-refractivity contribution in [2.24, 2.45) is 0 Å². The van der Waals surface area contributed by atoms with Gasteiger partial charge in [0.1, 0.15) is 0 Å². The van der Waals surface area contributed by atoms with Crippen LogP contribution in [0, 0.1) is 24.2 Å². The normalized spacial score (nSPS) is 9.74. The quantitative estimate of drug-likeness (QED) is 0.592. The molecule has 0 amide bonds. The Morgan fingerprint density at radius 1 is 0.609 bits per heavy atom. The fraction of sp³-hybridized carbons (Fsp3) is 0.0435. The first-order valence-electron chi connectivity index (χ1n) is 7.55. The van der Waals surface area contributed by atoms with Crippen molar-refractivity contribution in [3.05, 3.63) is 107 Å². The van der Waals surface area contributed by atoms with Crippen LogP contribution in [-0.2, 0) is 0 Å². The van der Waals surface area contributed by atoms with Crippen LogP contribution >= 0.6 is 0 Å². The van der Waals surface area contributed by atoms with Crippen LogP contribution in [0.1, 0.15) is 28.2 Å². The molecule has 0 aliphatic carbocycles. The van der Waals surface area contributed by atoms with E-state index in [4.69, 9.17) is 6.42 Å². The van der Waals surface area contributed by atoms with Gasteiger partial charge in [0.25, 0.3) is 0 Å². The molecule has 3 aromatic rings. The van der Waals surface area contributed by atoms with Crippen LogP contribution in [0.25, 0.3) is 0 Å². The molecular weight excluding hydrogens is 276 g/mol. The Balaban J connectivity index is 1.97. The molecular formula is C23H16. The van der Waals surface area contributed by atoms with Crippen LogP contribution in [-0.4, -0.2) is 0 Å². The highest BCUT2D eigenvalue weighted by Crippen LogP contribution is 2.23. The van der Waals surface area contributed by atoms with Gasteiger partial charge in [0.05, 0.1) is 5.92 Å². The van der Waals surface area contributed by atoms with Crippen molar-refractivity contribution >= 4 is 0 Å². The zero-order chi connectivity index (χ0) is 15.9. The highest BCUT2D eigenvalue weighted by molar-refractivity contribution is 5.46. The van der Waals surface area contributed by atoms with E-state index in [1.807, 2.05) is 36.4 Å². The Kier molecular flexibility index (Phi) is 4.58. The molecule has 0 atom stereocenters. The molecule has 0 aromatic heterocycles. The molecule has 0 fully saturated rings. The molecule has 0 spiro atoms. The summed E-state index contributed by atoms with van der Waals surface area (Å²) in [6.07, 6.45) is 5.39. The van der Waals surface area contributed by atoms with Crippen molar-refractivity contribution in [2.45, 2.75) is 5.92 Å². The van der Waals surface area contributed by atoms with E-state index in [1.54, 1.807) is 0 Å². The zero-order valence-electron chi connectivity index (χ0n) is 12.7. The summed E-state index contributed by atoms with van der Waals surface area (Å²) in [6, 6.07) is 28.5. The molecule has 108 valence electrons. The third-order valence-corrected chi connectivity index (χ3v) is 3.68. The molecule has 0 heterocycles. The average molecular weight is 292 g/mol. The van der Waals surface area contributed by atoms with E-state index in [0.29, 0.717) is 0 Å². The van der Waals surface area contributed by atoms with Gasteiger partial charge in [-0.1, -0.05) is 78.4 Å². The van der Waals surface area contributed by atoms with E-state index >= 15 is 0 Å². The van der Waals surface area contributed by atoms with Crippen molar-refractivity contribution in [1.82, 2.24) is 0 Å². The predicted molar refractivity (Wildman–Crippen MR) is 96.0 cm³/mol. The second-order valence-corrected chi connectivity index (χ2v) is 5.25. The molecule has 3 rings (SSSR count). The van der Waals surface area contributed by atoms with E-state index in [-0.39, 0.29) is 5.92 Å². The smallest absolute Gasteiger partial charge is 0.0705 e. The number of hydrogen-bond donors (Lipinski definition) is 0. The minimum atomic E-state index is 0.0599. The van der Waals surface area contributed by atoms with Crippen LogP contribution in [0.15, 0.2) is 84.9 Å². The Hall–Kier alpha value is -3.22. The lowest BCUT2D eigenvalue weighted by atomic mass is 9.91. The summed E-state index contributed by atoms with van der Waals surface area (Å²) in [6.45, 7) is 0. The van der Waals surface area contributed by atoms with E-state index in [0.717, 1.165) is 11.1 Å². The summed E-state index contributed by atoms with van der Waals surface area (Å²) in [5.74, 6) is 9.36. The van der Waals surface area contributed by atoms with Crippen molar-refractivity contribution in [3.63, 3.8) is 0 Å². The highest BCUT2D eigenvalue weighted by Gasteiger charge is 2.10. The number of terminal acetylenes is 1. The molecule has 3 aromatic carbocycles. The second kappa shape index (κ2) is 7.17. The minimum absolute atomic E-state index is 0.0599. The van der Waals surface area contributed by atoms with E-state index < -0.39 is 0 Å². The Bertz CT molecular complexity index is 815. The van der Waals surface area contributed by atoms with Crippen molar-refractivity contribution in [3.8, 4) is 24.2 Å². The standard InChI is InChI=1S/C23H16/c1-2-19-13-15-20(16-14-19)17-18-23(21-9-5-3-6-10-21)22-11-7-4-8-12-22/h1,3-16,23H. The molecule has 0 saturated carbocycles. The minimum Gasteiger partial charge on any atom is -0.115 e. The van der Waals surface area contributed by atoms with Gasteiger partial charge in [0.2, 0.25) is 0 Å². The summed E-state index contributed by atoms with van der Waals surface area (Å²) in [4.78, 5) is 0. The van der Waals surface area contributed by atoms with Gasteiger partial charge < -0.3 is 0 Å². The maximum absolute atomic E-state index is 5.39. The van der Waals surface area contributed by atoms with Gasteiger partial charge in [-0.25, -0.2) is 0 Å². The molecule has 0 N–H and O–H groups in total. The first kappa shape index (κ1) is 14.7.